The van der Waals surface area contributed by atoms with Crippen LogP contribution in [0.3, 0.4) is 0 Å². The van der Waals surface area contributed by atoms with Gasteiger partial charge in [0.2, 0.25) is 5.91 Å². The van der Waals surface area contributed by atoms with Crippen LogP contribution in [0.4, 0.5) is 10.1 Å². The van der Waals surface area contributed by atoms with E-state index in [0.717, 1.165) is 18.9 Å². The van der Waals surface area contributed by atoms with Crippen molar-refractivity contribution >= 4 is 11.6 Å². The number of carbonyl (C=O) groups is 1. The summed E-state index contributed by atoms with van der Waals surface area (Å²) in [6.07, 6.45) is 1.94. The zero-order valence-electron chi connectivity index (χ0n) is 11.0. The van der Waals surface area contributed by atoms with Gasteiger partial charge in [-0.05, 0) is 30.5 Å². The molecule has 0 aliphatic rings. The van der Waals surface area contributed by atoms with Crippen molar-refractivity contribution in [2.24, 2.45) is 0 Å². The van der Waals surface area contributed by atoms with Crippen molar-refractivity contribution in [2.75, 3.05) is 5.32 Å². The molecule has 2 aromatic carbocycles. The predicted molar refractivity (Wildman–Crippen MR) is 76.1 cm³/mol. The van der Waals surface area contributed by atoms with Crippen molar-refractivity contribution in [2.45, 2.75) is 19.3 Å². The number of hydrogen-bond donors (Lipinski definition) is 2. The topological polar surface area (TPSA) is 49.3 Å². The minimum absolute atomic E-state index is 0.161. The smallest absolute Gasteiger partial charge is 0.224 e. The Labute approximate surface area is 117 Å². The summed E-state index contributed by atoms with van der Waals surface area (Å²) in [6.45, 7) is 0. The highest BCUT2D eigenvalue weighted by atomic mass is 19.1. The molecule has 4 heteroatoms. The first-order valence-corrected chi connectivity index (χ1v) is 6.47. The Balaban J connectivity index is 1.79. The minimum atomic E-state index is -0.743. The quantitative estimate of drug-likeness (QED) is 0.819. The van der Waals surface area contributed by atoms with E-state index in [-0.39, 0.29) is 5.91 Å². The molecule has 20 heavy (non-hydrogen) atoms. The van der Waals surface area contributed by atoms with Gasteiger partial charge in [-0.15, -0.1) is 0 Å². The molecule has 0 aliphatic heterocycles. The number of nitrogens with one attached hydrogen (secondary N) is 1. The minimum Gasteiger partial charge on any atom is -0.505 e. The van der Waals surface area contributed by atoms with Crippen molar-refractivity contribution in [3.05, 3.63) is 59.9 Å². The molecule has 0 saturated carbocycles. The SMILES string of the molecule is O=C(CCCc1ccccc1)Nc1ccc(O)c(F)c1. The first-order chi connectivity index (χ1) is 9.65. The number of halogens is 1. The van der Waals surface area contributed by atoms with Crippen LogP contribution in [0.15, 0.2) is 48.5 Å². The number of benzene rings is 2. The molecular formula is C16H16FNO2. The fourth-order valence-electron chi connectivity index (χ4n) is 1.91. The van der Waals surface area contributed by atoms with Crippen LogP contribution in [0.1, 0.15) is 18.4 Å². The molecule has 0 fully saturated rings. The number of phenolic OH excluding ortho intramolecular Hbond substituents is 1. The third-order valence-electron chi connectivity index (χ3n) is 2.94. The second-order valence-electron chi connectivity index (χ2n) is 4.55. The van der Waals surface area contributed by atoms with E-state index >= 15 is 0 Å². The Bertz CT molecular complexity index is 584. The van der Waals surface area contributed by atoms with Gasteiger partial charge in [-0.1, -0.05) is 30.3 Å². The highest BCUT2D eigenvalue weighted by molar-refractivity contribution is 5.90. The van der Waals surface area contributed by atoms with Crippen LogP contribution in [0.5, 0.6) is 5.75 Å². The van der Waals surface area contributed by atoms with E-state index in [4.69, 9.17) is 5.11 Å². The van der Waals surface area contributed by atoms with Crippen molar-refractivity contribution in [1.82, 2.24) is 0 Å². The maximum atomic E-state index is 13.1. The van der Waals surface area contributed by atoms with Crippen LogP contribution in [0.2, 0.25) is 0 Å². The lowest BCUT2D eigenvalue weighted by Gasteiger charge is -2.06. The van der Waals surface area contributed by atoms with Gasteiger partial charge in [0.1, 0.15) is 0 Å². The lowest BCUT2D eigenvalue weighted by Crippen LogP contribution is -2.11. The maximum Gasteiger partial charge on any atom is 0.224 e. The number of aryl methyl sites for hydroxylation is 1. The van der Waals surface area contributed by atoms with Crippen LogP contribution in [0.25, 0.3) is 0 Å². The average Bonchev–Trinajstić information content (AvgIpc) is 2.44. The monoisotopic (exact) mass is 273 g/mol. The molecule has 2 rings (SSSR count). The van der Waals surface area contributed by atoms with Crippen LogP contribution in [-0.4, -0.2) is 11.0 Å². The van der Waals surface area contributed by atoms with Gasteiger partial charge in [0, 0.05) is 18.2 Å². The molecule has 0 atom stereocenters. The summed E-state index contributed by atoms with van der Waals surface area (Å²) in [5, 5.41) is 11.7. The second kappa shape index (κ2) is 6.70. The fraction of sp³-hybridized carbons (Fsp3) is 0.188. The van der Waals surface area contributed by atoms with Crippen LogP contribution in [-0.2, 0) is 11.2 Å². The molecule has 3 nitrogen and oxygen atoms in total. The summed E-state index contributed by atoms with van der Waals surface area (Å²) in [5.74, 6) is -1.33. The molecule has 2 N–H and O–H groups in total. The molecule has 104 valence electrons. The van der Waals surface area contributed by atoms with E-state index in [1.54, 1.807) is 0 Å². The molecule has 0 spiro atoms. The van der Waals surface area contributed by atoms with Crippen LogP contribution >= 0.6 is 0 Å². The summed E-state index contributed by atoms with van der Waals surface area (Å²) >= 11 is 0. The van der Waals surface area contributed by atoms with Crippen molar-refractivity contribution in [1.29, 1.82) is 0 Å². The molecule has 2 aromatic rings. The summed E-state index contributed by atoms with van der Waals surface area (Å²) in [5.41, 5.74) is 1.54. The van der Waals surface area contributed by atoms with E-state index < -0.39 is 11.6 Å². The standard InChI is InChI=1S/C16H16FNO2/c17-14-11-13(9-10-15(14)19)18-16(20)8-4-7-12-5-2-1-3-6-12/h1-3,5-6,9-11,19H,4,7-8H2,(H,18,20). The number of hydrogen-bond acceptors (Lipinski definition) is 2. The number of carbonyl (C=O) groups excluding carboxylic acids is 1. The zero-order chi connectivity index (χ0) is 14.4. The lowest BCUT2D eigenvalue weighted by atomic mass is 10.1. The van der Waals surface area contributed by atoms with Gasteiger partial charge in [0.25, 0.3) is 0 Å². The van der Waals surface area contributed by atoms with E-state index in [1.165, 1.54) is 17.7 Å². The molecule has 0 aromatic heterocycles. The predicted octanol–water partition coefficient (Wildman–Crippen LogP) is 3.49. The largest absolute Gasteiger partial charge is 0.505 e. The first-order valence-electron chi connectivity index (χ1n) is 6.47. The molecule has 0 unspecified atom stereocenters. The van der Waals surface area contributed by atoms with Gasteiger partial charge in [0.15, 0.2) is 11.6 Å². The molecule has 0 aliphatic carbocycles. The normalized spacial score (nSPS) is 10.2. The number of phenols is 1. The van der Waals surface area contributed by atoms with E-state index in [9.17, 15) is 9.18 Å². The number of aromatic hydroxyl groups is 1. The van der Waals surface area contributed by atoms with E-state index in [0.29, 0.717) is 12.1 Å². The van der Waals surface area contributed by atoms with Gasteiger partial charge >= 0.3 is 0 Å². The third-order valence-corrected chi connectivity index (χ3v) is 2.94. The van der Waals surface area contributed by atoms with Crippen molar-refractivity contribution in [3.63, 3.8) is 0 Å². The summed E-state index contributed by atoms with van der Waals surface area (Å²) in [4.78, 5) is 11.7. The number of anilines is 1. The Hall–Kier alpha value is -2.36. The van der Waals surface area contributed by atoms with Gasteiger partial charge in [-0.3, -0.25) is 4.79 Å². The first kappa shape index (κ1) is 14.1. The fourth-order valence-corrected chi connectivity index (χ4v) is 1.91. The average molecular weight is 273 g/mol. The van der Waals surface area contributed by atoms with E-state index in [2.05, 4.69) is 5.32 Å². The maximum absolute atomic E-state index is 13.1. The Morgan fingerprint density at radius 1 is 1.15 bits per heavy atom. The molecule has 0 bridgehead atoms. The third kappa shape index (κ3) is 4.09. The Kier molecular flexibility index (Phi) is 4.71. The molecule has 0 radical (unpaired) electrons. The van der Waals surface area contributed by atoms with Gasteiger partial charge in [0.05, 0.1) is 0 Å². The molecule has 0 saturated heterocycles. The lowest BCUT2D eigenvalue weighted by molar-refractivity contribution is -0.116. The van der Waals surface area contributed by atoms with Crippen LogP contribution in [0, 0.1) is 5.82 Å². The van der Waals surface area contributed by atoms with Crippen molar-refractivity contribution < 1.29 is 14.3 Å². The van der Waals surface area contributed by atoms with Crippen LogP contribution < -0.4 is 5.32 Å². The van der Waals surface area contributed by atoms with Crippen molar-refractivity contribution in [3.8, 4) is 5.75 Å². The summed E-state index contributed by atoms with van der Waals surface area (Å²) < 4.78 is 13.1. The summed E-state index contributed by atoms with van der Waals surface area (Å²) in [7, 11) is 0. The Morgan fingerprint density at radius 3 is 2.60 bits per heavy atom. The summed E-state index contributed by atoms with van der Waals surface area (Å²) in [6, 6.07) is 13.7. The van der Waals surface area contributed by atoms with E-state index in [1.807, 2.05) is 30.3 Å². The van der Waals surface area contributed by atoms with Gasteiger partial charge in [-0.2, -0.15) is 0 Å². The van der Waals surface area contributed by atoms with Gasteiger partial charge < -0.3 is 10.4 Å². The molecule has 0 heterocycles. The molecular weight excluding hydrogens is 257 g/mol. The Morgan fingerprint density at radius 2 is 1.90 bits per heavy atom. The molecule has 1 amide bonds. The number of amides is 1. The highest BCUT2D eigenvalue weighted by Gasteiger charge is 2.05. The highest BCUT2D eigenvalue weighted by Crippen LogP contribution is 2.19. The van der Waals surface area contributed by atoms with Gasteiger partial charge in [-0.25, -0.2) is 4.39 Å². The zero-order valence-corrected chi connectivity index (χ0v) is 11.0. The second-order valence-corrected chi connectivity index (χ2v) is 4.55. The number of rotatable bonds is 5.